The maximum atomic E-state index is 14.2. The quantitative estimate of drug-likeness (QED) is 0.0890. The highest BCUT2D eigenvalue weighted by Crippen LogP contribution is 2.54. The molecule has 12 heteroatoms. The van der Waals surface area contributed by atoms with E-state index in [2.05, 4.69) is 133 Å². The molecule has 0 amide bonds. The SMILES string of the molecule is CC(C)(C)[Si](OC[C@H]1O[C@@]2(C)C[C@@]3(C)O[C@H]4C[C@H]5O[C@H]6C[C@H]7O[C@@H](CCCOCc8ccccc8)C[C@H](OCc8ccccc8)[C@]7(C)O[C@]6(C)C[C@@H]5O[C@@H]4CC[C@@H]3O[C@@H]2CC1=O)(c1ccccc1)c1ccccc1. The second-order valence-corrected chi connectivity index (χ2v) is 28.8. The fourth-order valence-corrected chi connectivity index (χ4v) is 18.8. The molecule has 7 fully saturated rings. The predicted molar refractivity (Wildman–Crippen MR) is 285 cm³/mol. The van der Waals surface area contributed by atoms with Crippen LogP contribution in [-0.2, 0) is 65.1 Å². The van der Waals surface area contributed by atoms with Gasteiger partial charge >= 0.3 is 0 Å². The Morgan fingerprint density at radius 2 is 1.24 bits per heavy atom. The standard InChI is InChI=1S/C62H80O11Si/c1-58(2,3)74(45-26-16-10-17-27-45,46-28-18-11-19-29-46)66-40-52-47(63)34-54-61(6,72-52)41-60(5)53(70-54)31-30-48-50(71-60)35-49-51(68-48)37-59(4)55(69-49)36-57-62(7,73-59)56(65-39-43-23-14-9-15-24-43)33-44(67-57)25-20-32-64-38-42-21-12-8-13-22-42/h8-19,21-24,26-29,44,48-57H,20,25,30-41H2,1-7H3/t44-,48+,49+,50-,51-,52+,53-,54+,55-,56-,57+,59+,60+,61-,62-/m0/s1. The van der Waals surface area contributed by atoms with Gasteiger partial charge in [-0.1, -0.05) is 142 Å². The van der Waals surface area contributed by atoms with Crippen LogP contribution in [0.5, 0.6) is 0 Å². The van der Waals surface area contributed by atoms with Crippen molar-refractivity contribution in [2.75, 3.05) is 13.2 Å². The molecular formula is C62H80O11Si. The minimum absolute atomic E-state index is 0.000955. The summed E-state index contributed by atoms with van der Waals surface area (Å²) in [6.07, 6.45) is 4.34. The van der Waals surface area contributed by atoms with Crippen molar-refractivity contribution < 1.29 is 51.9 Å². The number of ketones is 1. The second kappa shape index (κ2) is 21.0. The molecule has 15 atom stereocenters. The van der Waals surface area contributed by atoms with Crippen LogP contribution in [0.1, 0.15) is 124 Å². The summed E-state index contributed by atoms with van der Waals surface area (Å²) >= 11 is 0. The molecule has 11 nitrogen and oxygen atoms in total. The van der Waals surface area contributed by atoms with Gasteiger partial charge in [0.2, 0.25) is 0 Å². The van der Waals surface area contributed by atoms with Gasteiger partial charge in [0.15, 0.2) is 5.78 Å². The topological polar surface area (TPSA) is 109 Å². The summed E-state index contributed by atoms with van der Waals surface area (Å²) in [5.41, 5.74) is -0.451. The average Bonchev–Trinajstić information content (AvgIpc) is 3.53. The molecule has 0 N–H and O–H groups in total. The van der Waals surface area contributed by atoms with E-state index in [0.717, 1.165) is 37.7 Å². The van der Waals surface area contributed by atoms with Gasteiger partial charge in [-0.3, -0.25) is 4.79 Å². The first kappa shape index (κ1) is 52.4. The number of ether oxygens (including phenoxy) is 9. The van der Waals surface area contributed by atoms with Crippen LogP contribution in [0.15, 0.2) is 121 Å². The lowest BCUT2D eigenvalue weighted by atomic mass is 9.72. The Morgan fingerprint density at radius 3 is 1.91 bits per heavy atom. The molecule has 0 saturated carbocycles. The zero-order valence-corrected chi connectivity index (χ0v) is 45.8. The lowest BCUT2D eigenvalue weighted by Gasteiger charge is -2.62. The summed E-state index contributed by atoms with van der Waals surface area (Å²) in [6, 6.07) is 41.8. The van der Waals surface area contributed by atoms with Gasteiger partial charge in [0.05, 0.1) is 97.7 Å². The Kier molecular flexibility index (Phi) is 14.8. The third-order valence-corrected chi connectivity index (χ3v) is 23.0. The molecule has 7 saturated heterocycles. The molecule has 0 aliphatic carbocycles. The summed E-state index contributed by atoms with van der Waals surface area (Å²) in [4.78, 5) is 14.2. The minimum Gasteiger partial charge on any atom is -0.404 e. The predicted octanol–water partition coefficient (Wildman–Crippen LogP) is 9.77. The van der Waals surface area contributed by atoms with E-state index >= 15 is 0 Å². The summed E-state index contributed by atoms with van der Waals surface area (Å²) in [5, 5.41) is 2.10. The van der Waals surface area contributed by atoms with Crippen molar-refractivity contribution in [1.82, 2.24) is 0 Å². The van der Waals surface area contributed by atoms with Crippen LogP contribution in [-0.4, -0.2) is 117 Å². The normalized spacial score (nSPS) is 38.0. The van der Waals surface area contributed by atoms with E-state index in [-0.39, 0.29) is 78.8 Å². The maximum Gasteiger partial charge on any atom is 0.261 e. The van der Waals surface area contributed by atoms with Crippen molar-refractivity contribution in [3.05, 3.63) is 132 Å². The van der Waals surface area contributed by atoms with Gasteiger partial charge in [-0.25, -0.2) is 0 Å². The van der Waals surface area contributed by atoms with E-state index < -0.39 is 42.9 Å². The van der Waals surface area contributed by atoms with Crippen LogP contribution in [0.3, 0.4) is 0 Å². The average molecular weight is 1030 g/mol. The number of hydrogen-bond donors (Lipinski definition) is 0. The molecule has 0 radical (unpaired) electrons. The Balaban J connectivity index is 0.765. The van der Waals surface area contributed by atoms with Gasteiger partial charge in [-0.05, 0) is 79.9 Å². The molecular weight excluding hydrogens is 949 g/mol. The Bertz CT molecular complexity index is 2470. The van der Waals surface area contributed by atoms with Crippen LogP contribution in [0.25, 0.3) is 0 Å². The van der Waals surface area contributed by atoms with Crippen molar-refractivity contribution in [3.63, 3.8) is 0 Å². The Hall–Kier alpha value is -3.63. The summed E-state index contributed by atoms with van der Waals surface area (Å²) in [7, 11) is -2.92. The third-order valence-electron chi connectivity index (χ3n) is 18.0. The van der Waals surface area contributed by atoms with Gasteiger partial charge in [0.1, 0.15) is 11.7 Å². The molecule has 4 aromatic rings. The molecule has 0 bridgehead atoms. The van der Waals surface area contributed by atoms with Gasteiger partial charge in [0.25, 0.3) is 8.32 Å². The highest BCUT2D eigenvalue weighted by Gasteiger charge is 2.65. The van der Waals surface area contributed by atoms with Crippen LogP contribution < -0.4 is 10.4 Å². The number of Topliss-reactive ketones (excluding diaryl/α,β-unsaturated/α-hetero) is 1. The van der Waals surface area contributed by atoms with Gasteiger partial charge in [0, 0.05) is 45.1 Å². The highest BCUT2D eigenvalue weighted by atomic mass is 28.4. The molecule has 0 unspecified atom stereocenters. The first-order valence-corrected chi connectivity index (χ1v) is 29.7. The lowest BCUT2D eigenvalue weighted by molar-refractivity contribution is -0.372. The highest BCUT2D eigenvalue weighted by molar-refractivity contribution is 6.99. The third kappa shape index (κ3) is 10.2. The molecule has 7 aliphatic heterocycles. The number of benzene rings is 4. The van der Waals surface area contributed by atoms with E-state index in [1.807, 2.05) is 36.4 Å². The van der Waals surface area contributed by atoms with Crippen LogP contribution in [0, 0.1) is 0 Å². The lowest BCUT2D eigenvalue weighted by Crippen LogP contribution is -2.72. The van der Waals surface area contributed by atoms with Crippen molar-refractivity contribution in [2.45, 2.75) is 220 Å². The zero-order chi connectivity index (χ0) is 51.4. The molecule has 0 spiro atoms. The van der Waals surface area contributed by atoms with Gasteiger partial charge in [-0.2, -0.15) is 0 Å². The molecule has 74 heavy (non-hydrogen) atoms. The second-order valence-electron chi connectivity index (χ2n) is 24.5. The molecule has 0 aromatic heterocycles. The smallest absolute Gasteiger partial charge is 0.261 e. The van der Waals surface area contributed by atoms with Crippen LogP contribution >= 0.6 is 0 Å². The Labute approximate surface area is 440 Å². The largest absolute Gasteiger partial charge is 0.404 e. The molecule has 4 aromatic carbocycles. The van der Waals surface area contributed by atoms with Crippen molar-refractivity contribution in [1.29, 1.82) is 0 Å². The van der Waals surface area contributed by atoms with E-state index in [1.54, 1.807) is 0 Å². The van der Waals surface area contributed by atoms with E-state index in [4.69, 9.17) is 47.1 Å². The number of hydrogen-bond acceptors (Lipinski definition) is 11. The molecule has 11 rings (SSSR count). The van der Waals surface area contributed by atoms with Crippen molar-refractivity contribution in [3.8, 4) is 0 Å². The summed E-state index contributed by atoms with van der Waals surface area (Å²) in [5.74, 6) is 0.0202. The van der Waals surface area contributed by atoms with Gasteiger partial charge < -0.3 is 47.1 Å². The fourth-order valence-electron chi connectivity index (χ4n) is 14.3. The van der Waals surface area contributed by atoms with E-state index in [9.17, 15) is 4.79 Å². The zero-order valence-electron chi connectivity index (χ0n) is 44.8. The van der Waals surface area contributed by atoms with Crippen molar-refractivity contribution in [2.24, 2.45) is 0 Å². The molecule has 398 valence electrons. The van der Waals surface area contributed by atoms with Gasteiger partial charge in [-0.15, -0.1) is 0 Å². The van der Waals surface area contributed by atoms with Crippen molar-refractivity contribution >= 4 is 24.5 Å². The Morgan fingerprint density at radius 1 is 0.608 bits per heavy atom. The minimum atomic E-state index is -2.92. The summed E-state index contributed by atoms with van der Waals surface area (Å²) < 4.78 is 70.4. The van der Waals surface area contributed by atoms with E-state index in [0.29, 0.717) is 45.5 Å². The number of fused-ring (bicyclic) bond motifs is 6. The first-order valence-electron chi connectivity index (χ1n) is 27.8. The number of rotatable bonds is 14. The number of carbonyl (C=O) groups is 1. The maximum absolute atomic E-state index is 14.2. The fraction of sp³-hybridized carbons (Fsp3) is 0.597. The first-order chi connectivity index (χ1) is 35.6. The van der Waals surface area contributed by atoms with E-state index in [1.165, 1.54) is 15.9 Å². The molecule has 7 heterocycles. The molecule has 7 aliphatic rings. The van der Waals surface area contributed by atoms with Crippen LogP contribution in [0.4, 0.5) is 0 Å². The number of carbonyl (C=O) groups excluding carboxylic acids is 1. The monoisotopic (exact) mass is 1030 g/mol. The summed E-state index contributed by atoms with van der Waals surface area (Å²) in [6.45, 7) is 17.4. The van der Waals surface area contributed by atoms with Crippen LogP contribution in [0.2, 0.25) is 5.04 Å².